The van der Waals surface area contributed by atoms with Crippen LogP contribution in [0.1, 0.15) is 16.8 Å². The molecule has 0 saturated carbocycles. The van der Waals surface area contributed by atoms with Gasteiger partial charge in [0.2, 0.25) is 11.8 Å². The number of carboxylic acids is 1. The van der Waals surface area contributed by atoms with Crippen molar-refractivity contribution in [2.45, 2.75) is 16.7 Å². The van der Waals surface area contributed by atoms with Crippen molar-refractivity contribution in [3.05, 3.63) is 23.9 Å². The van der Waals surface area contributed by atoms with E-state index in [0.717, 1.165) is 16.7 Å². The van der Waals surface area contributed by atoms with Gasteiger partial charge in [-0.1, -0.05) is 11.8 Å². The zero-order chi connectivity index (χ0) is 13.3. The smallest absolute Gasteiger partial charge is 0.338 e. The average molecular weight is 266 g/mol. The molecule has 0 radical (unpaired) electrons. The molecule has 1 fully saturated rings. The highest BCUT2D eigenvalue weighted by atomic mass is 32.2. The Morgan fingerprint density at radius 2 is 2.28 bits per heavy atom. The molecule has 2 heterocycles. The zero-order valence-electron chi connectivity index (χ0n) is 9.49. The Hall–Kier alpha value is -1.89. The van der Waals surface area contributed by atoms with E-state index in [2.05, 4.69) is 4.98 Å². The number of hydrogen-bond donors (Lipinski definition) is 1. The first kappa shape index (κ1) is 12.6. The van der Waals surface area contributed by atoms with Gasteiger partial charge in [-0.3, -0.25) is 14.5 Å². The van der Waals surface area contributed by atoms with Crippen LogP contribution in [0.5, 0.6) is 0 Å². The molecular weight excluding hydrogens is 256 g/mol. The lowest BCUT2D eigenvalue weighted by Gasteiger charge is -2.09. The molecule has 18 heavy (non-hydrogen) atoms. The van der Waals surface area contributed by atoms with Gasteiger partial charge in [0.15, 0.2) is 0 Å². The number of thioether (sulfide) groups is 1. The number of hydrogen-bond acceptors (Lipinski definition) is 5. The number of pyridine rings is 1. The number of likely N-dealkylation sites (tertiary alicyclic amines) is 1. The normalized spacial score (nSPS) is 19.4. The first-order chi connectivity index (χ1) is 8.50. The number of nitrogens with zero attached hydrogens (tertiary/aromatic N) is 2. The third kappa shape index (κ3) is 2.21. The van der Waals surface area contributed by atoms with E-state index < -0.39 is 11.2 Å². The maximum Gasteiger partial charge on any atom is 0.338 e. The van der Waals surface area contributed by atoms with Crippen LogP contribution in [0.4, 0.5) is 0 Å². The van der Waals surface area contributed by atoms with Crippen LogP contribution in [-0.2, 0) is 9.59 Å². The van der Waals surface area contributed by atoms with Crippen molar-refractivity contribution in [3.8, 4) is 0 Å². The van der Waals surface area contributed by atoms with Crippen molar-refractivity contribution in [2.75, 3.05) is 7.05 Å². The van der Waals surface area contributed by atoms with E-state index in [1.165, 1.54) is 25.4 Å². The van der Waals surface area contributed by atoms with Crippen LogP contribution >= 0.6 is 11.8 Å². The Morgan fingerprint density at radius 1 is 1.56 bits per heavy atom. The molecule has 1 saturated heterocycles. The summed E-state index contributed by atoms with van der Waals surface area (Å²) in [6.07, 6.45) is 1.54. The van der Waals surface area contributed by atoms with E-state index in [1.807, 2.05) is 0 Å². The quantitative estimate of drug-likeness (QED) is 0.807. The summed E-state index contributed by atoms with van der Waals surface area (Å²) in [5.74, 6) is -1.67. The third-order valence-electron chi connectivity index (χ3n) is 2.60. The minimum Gasteiger partial charge on any atom is -0.478 e. The molecule has 0 aliphatic carbocycles. The molecule has 0 spiro atoms. The summed E-state index contributed by atoms with van der Waals surface area (Å²) in [6, 6.07) is 2.93. The largest absolute Gasteiger partial charge is 0.478 e. The molecule has 2 rings (SSSR count). The predicted octanol–water partition coefficient (Wildman–Crippen LogP) is 0.629. The average Bonchev–Trinajstić information content (AvgIpc) is 2.57. The van der Waals surface area contributed by atoms with Crippen molar-refractivity contribution in [3.63, 3.8) is 0 Å². The number of rotatable bonds is 3. The monoisotopic (exact) mass is 266 g/mol. The molecule has 1 aromatic rings. The van der Waals surface area contributed by atoms with Gasteiger partial charge in [-0.2, -0.15) is 0 Å². The molecule has 1 aromatic heterocycles. The van der Waals surface area contributed by atoms with Gasteiger partial charge in [-0.15, -0.1) is 0 Å². The van der Waals surface area contributed by atoms with Gasteiger partial charge >= 0.3 is 5.97 Å². The fourth-order valence-electron chi connectivity index (χ4n) is 1.60. The van der Waals surface area contributed by atoms with Gasteiger partial charge < -0.3 is 5.11 Å². The lowest BCUT2D eigenvalue weighted by atomic mass is 10.3. The number of aromatic nitrogens is 1. The molecular formula is C11H10N2O4S. The zero-order valence-corrected chi connectivity index (χ0v) is 10.3. The molecule has 0 unspecified atom stereocenters. The molecule has 6 nitrogen and oxygen atoms in total. The summed E-state index contributed by atoms with van der Waals surface area (Å²) >= 11 is 1.02. The minimum absolute atomic E-state index is 0.0392. The second-order valence-corrected chi connectivity index (χ2v) is 4.95. The van der Waals surface area contributed by atoms with Crippen LogP contribution in [0.25, 0.3) is 0 Å². The molecule has 94 valence electrons. The number of carbonyl (C=O) groups excluding carboxylic acids is 2. The number of carboxylic acid groups (broad SMARTS) is 1. The molecule has 2 amide bonds. The van der Waals surface area contributed by atoms with Crippen LogP contribution in [0.2, 0.25) is 0 Å². The highest BCUT2D eigenvalue weighted by Crippen LogP contribution is 2.31. The lowest BCUT2D eigenvalue weighted by Crippen LogP contribution is -2.26. The fraction of sp³-hybridized carbons (Fsp3) is 0.273. The Balaban J connectivity index is 2.23. The summed E-state index contributed by atoms with van der Waals surface area (Å²) in [5.41, 5.74) is 0.0392. The van der Waals surface area contributed by atoms with Crippen molar-refractivity contribution in [2.24, 2.45) is 0 Å². The van der Waals surface area contributed by atoms with E-state index in [9.17, 15) is 14.4 Å². The Morgan fingerprint density at radius 3 is 2.83 bits per heavy atom. The first-order valence-electron chi connectivity index (χ1n) is 5.16. The molecule has 1 atom stereocenters. The van der Waals surface area contributed by atoms with Gasteiger partial charge in [0.25, 0.3) is 0 Å². The summed E-state index contributed by atoms with van der Waals surface area (Å²) in [5, 5.41) is 8.66. The van der Waals surface area contributed by atoms with Crippen molar-refractivity contribution in [1.82, 2.24) is 9.88 Å². The molecule has 7 heteroatoms. The highest BCUT2D eigenvalue weighted by molar-refractivity contribution is 8.00. The van der Waals surface area contributed by atoms with E-state index in [4.69, 9.17) is 5.11 Å². The summed E-state index contributed by atoms with van der Waals surface area (Å²) in [6.45, 7) is 0. The Bertz CT molecular complexity index is 532. The van der Waals surface area contributed by atoms with Crippen LogP contribution in [0.3, 0.4) is 0 Å². The SMILES string of the molecule is CN1C(=O)C[C@@H](Sc2ncccc2C(=O)O)C1=O. The molecule has 1 aliphatic heterocycles. The van der Waals surface area contributed by atoms with E-state index >= 15 is 0 Å². The standard InChI is InChI=1S/C11H10N2O4S/c1-13-8(14)5-7(10(13)15)18-9-6(11(16)17)3-2-4-12-9/h2-4,7H,5H2,1H3,(H,16,17)/t7-/m1/s1. The van der Waals surface area contributed by atoms with E-state index in [-0.39, 0.29) is 28.8 Å². The number of carbonyl (C=O) groups is 3. The van der Waals surface area contributed by atoms with Crippen molar-refractivity contribution >= 4 is 29.5 Å². The minimum atomic E-state index is -1.10. The second-order valence-electron chi connectivity index (χ2n) is 3.76. The van der Waals surface area contributed by atoms with Crippen molar-refractivity contribution < 1.29 is 19.5 Å². The number of amides is 2. The van der Waals surface area contributed by atoms with Gasteiger partial charge in [0.1, 0.15) is 5.03 Å². The van der Waals surface area contributed by atoms with Crippen LogP contribution in [-0.4, -0.2) is 45.1 Å². The third-order valence-corrected chi connectivity index (χ3v) is 3.80. The Labute approximate surface area is 107 Å². The number of aromatic carboxylic acids is 1. The topological polar surface area (TPSA) is 87.6 Å². The summed E-state index contributed by atoms with van der Waals surface area (Å²) in [7, 11) is 1.42. The van der Waals surface area contributed by atoms with Gasteiger partial charge in [0, 0.05) is 19.7 Å². The van der Waals surface area contributed by atoms with E-state index in [1.54, 1.807) is 0 Å². The maximum absolute atomic E-state index is 11.7. The van der Waals surface area contributed by atoms with Gasteiger partial charge in [0.05, 0.1) is 10.8 Å². The summed E-state index contributed by atoms with van der Waals surface area (Å²) in [4.78, 5) is 39.1. The molecule has 0 aromatic carbocycles. The number of imide groups is 1. The van der Waals surface area contributed by atoms with Crippen LogP contribution in [0.15, 0.2) is 23.4 Å². The molecule has 0 bridgehead atoms. The van der Waals surface area contributed by atoms with E-state index in [0.29, 0.717) is 0 Å². The molecule has 1 N–H and O–H groups in total. The fourth-order valence-corrected chi connectivity index (χ4v) is 2.75. The Kier molecular flexibility index (Phi) is 3.33. The van der Waals surface area contributed by atoms with Gasteiger partial charge in [-0.05, 0) is 12.1 Å². The summed E-state index contributed by atoms with van der Waals surface area (Å²) < 4.78 is 0. The van der Waals surface area contributed by atoms with Gasteiger partial charge in [-0.25, -0.2) is 9.78 Å². The predicted molar refractivity (Wildman–Crippen MR) is 63.2 cm³/mol. The second kappa shape index (κ2) is 4.77. The molecule has 1 aliphatic rings. The van der Waals surface area contributed by atoms with Crippen LogP contribution in [0, 0.1) is 0 Å². The maximum atomic E-state index is 11.7. The highest BCUT2D eigenvalue weighted by Gasteiger charge is 2.37. The van der Waals surface area contributed by atoms with Crippen molar-refractivity contribution in [1.29, 1.82) is 0 Å². The lowest BCUT2D eigenvalue weighted by molar-refractivity contribution is -0.136. The van der Waals surface area contributed by atoms with Crippen LogP contribution < -0.4 is 0 Å². The first-order valence-corrected chi connectivity index (χ1v) is 6.04.